The highest BCUT2D eigenvalue weighted by atomic mass is 16.6. The minimum absolute atomic E-state index is 0.0505. The number of rotatable bonds is 6. The maximum Gasteiger partial charge on any atom is 0.353 e. The van der Waals surface area contributed by atoms with Crippen molar-refractivity contribution in [3.63, 3.8) is 0 Å². The highest BCUT2D eigenvalue weighted by Crippen LogP contribution is 2.31. The van der Waals surface area contributed by atoms with Crippen LogP contribution >= 0.6 is 0 Å². The largest absolute Gasteiger partial charge is 0.378 e. The summed E-state index contributed by atoms with van der Waals surface area (Å²) < 4.78 is 5.26. The number of unbranched alkanes of at least 4 members (excludes halogenated alkanes) is 1. The summed E-state index contributed by atoms with van der Waals surface area (Å²) in [7, 11) is 0. The molecule has 0 atom stereocenters. The van der Waals surface area contributed by atoms with Gasteiger partial charge in [-0.15, -0.1) is 0 Å². The van der Waals surface area contributed by atoms with E-state index in [0.717, 1.165) is 12.8 Å². The topological polar surface area (TPSA) is 93.4 Å². The number of hydrogen-bond acceptors (Lipinski definition) is 7. The van der Waals surface area contributed by atoms with Gasteiger partial charge in [0.2, 0.25) is 11.6 Å². The highest BCUT2D eigenvalue weighted by molar-refractivity contribution is 5.70. The molecule has 0 radical (unpaired) electrons. The van der Waals surface area contributed by atoms with Crippen LogP contribution in [0.3, 0.4) is 0 Å². The molecule has 0 amide bonds. The molecule has 2 rings (SSSR count). The second-order valence-corrected chi connectivity index (χ2v) is 4.53. The molecule has 2 heterocycles. The number of nitrogens with zero attached hydrogens (tertiary/aromatic N) is 4. The third-order valence-electron chi connectivity index (χ3n) is 3.12. The summed E-state index contributed by atoms with van der Waals surface area (Å²) in [5.74, 6) is 0.659. The van der Waals surface area contributed by atoms with Gasteiger partial charge in [-0.25, -0.2) is 9.97 Å². The maximum absolute atomic E-state index is 11.3. The molecule has 1 fully saturated rings. The Balaban J connectivity index is 2.25. The van der Waals surface area contributed by atoms with Crippen LogP contribution in [0.15, 0.2) is 6.33 Å². The van der Waals surface area contributed by atoms with E-state index in [0.29, 0.717) is 44.5 Å². The first-order chi connectivity index (χ1) is 9.74. The number of aromatic nitrogens is 2. The first-order valence-electron chi connectivity index (χ1n) is 6.80. The average Bonchev–Trinajstić information content (AvgIpc) is 2.48. The van der Waals surface area contributed by atoms with Gasteiger partial charge in [0.15, 0.2) is 0 Å². The Morgan fingerprint density at radius 2 is 2.20 bits per heavy atom. The molecule has 110 valence electrons. The zero-order chi connectivity index (χ0) is 14.4. The van der Waals surface area contributed by atoms with E-state index in [9.17, 15) is 10.1 Å². The molecule has 1 aliphatic rings. The molecule has 0 spiro atoms. The van der Waals surface area contributed by atoms with Crippen molar-refractivity contribution in [1.29, 1.82) is 0 Å². The Kier molecular flexibility index (Phi) is 5.05. The molecule has 0 unspecified atom stereocenters. The summed E-state index contributed by atoms with van der Waals surface area (Å²) in [4.78, 5) is 20.9. The minimum atomic E-state index is -0.418. The second-order valence-electron chi connectivity index (χ2n) is 4.53. The lowest BCUT2D eigenvalue weighted by Crippen LogP contribution is -2.37. The summed E-state index contributed by atoms with van der Waals surface area (Å²) in [6.07, 6.45) is 3.32. The van der Waals surface area contributed by atoms with Crippen molar-refractivity contribution in [3.05, 3.63) is 16.4 Å². The minimum Gasteiger partial charge on any atom is -0.378 e. The Labute approximate surface area is 117 Å². The SMILES string of the molecule is CCCCNc1ncnc(N2CCOCC2)c1[N+](=O)[O-]. The summed E-state index contributed by atoms with van der Waals surface area (Å²) in [5, 5.41) is 14.4. The fourth-order valence-electron chi connectivity index (χ4n) is 2.06. The number of nitro groups is 1. The molecule has 1 saturated heterocycles. The van der Waals surface area contributed by atoms with Gasteiger partial charge < -0.3 is 15.0 Å². The molecule has 1 aromatic heterocycles. The van der Waals surface area contributed by atoms with Crippen molar-refractivity contribution in [3.8, 4) is 0 Å². The van der Waals surface area contributed by atoms with Gasteiger partial charge in [-0.3, -0.25) is 10.1 Å². The lowest BCUT2D eigenvalue weighted by molar-refractivity contribution is -0.383. The Morgan fingerprint density at radius 1 is 1.45 bits per heavy atom. The average molecular weight is 281 g/mol. The third-order valence-corrected chi connectivity index (χ3v) is 3.12. The van der Waals surface area contributed by atoms with Crippen molar-refractivity contribution in [2.24, 2.45) is 0 Å². The van der Waals surface area contributed by atoms with Crippen molar-refractivity contribution in [1.82, 2.24) is 9.97 Å². The molecule has 0 aromatic carbocycles. The summed E-state index contributed by atoms with van der Waals surface area (Å²) in [6, 6.07) is 0. The van der Waals surface area contributed by atoms with E-state index in [-0.39, 0.29) is 5.69 Å². The summed E-state index contributed by atoms with van der Waals surface area (Å²) in [6.45, 7) is 5.05. The standard InChI is InChI=1S/C12H19N5O3/c1-2-3-4-13-11-10(17(18)19)12(15-9-14-11)16-5-7-20-8-6-16/h9H,2-8H2,1H3,(H,13,14,15). The lowest BCUT2D eigenvalue weighted by atomic mass is 10.3. The van der Waals surface area contributed by atoms with Gasteiger partial charge in [0.05, 0.1) is 18.1 Å². The fraction of sp³-hybridized carbons (Fsp3) is 0.667. The smallest absolute Gasteiger partial charge is 0.353 e. The molecule has 1 aromatic rings. The third kappa shape index (κ3) is 3.32. The normalized spacial score (nSPS) is 15.2. The van der Waals surface area contributed by atoms with Gasteiger partial charge in [-0.2, -0.15) is 0 Å². The van der Waals surface area contributed by atoms with E-state index in [1.807, 2.05) is 4.90 Å². The van der Waals surface area contributed by atoms with Crippen LogP contribution in [-0.4, -0.2) is 47.7 Å². The Morgan fingerprint density at radius 3 is 2.85 bits per heavy atom. The summed E-state index contributed by atoms with van der Waals surface area (Å²) >= 11 is 0. The first kappa shape index (κ1) is 14.4. The van der Waals surface area contributed by atoms with Crippen LogP contribution in [0.2, 0.25) is 0 Å². The fourth-order valence-corrected chi connectivity index (χ4v) is 2.06. The van der Waals surface area contributed by atoms with Crippen LogP contribution in [0.25, 0.3) is 0 Å². The van der Waals surface area contributed by atoms with Crippen LogP contribution < -0.4 is 10.2 Å². The predicted octanol–water partition coefficient (Wildman–Crippen LogP) is 1.43. The monoisotopic (exact) mass is 281 g/mol. The van der Waals surface area contributed by atoms with Gasteiger partial charge in [-0.1, -0.05) is 13.3 Å². The van der Waals surface area contributed by atoms with Gasteiger partial charge in [0.1, 0.15) is 6.33 Å². The Bertz CT molecular complexity index is 462. The molecular weight excluding hydrogens is 262 g/mol. The van der Waals surface area contributed by atoms with Crippen LogP contribution in [0, 0.1) is 10.1 Å². The number of ether oxygens (including phenoxy) is 1. The molecule has 1 N–H and O–H groups in total. The second kappa shape index (κ2) is 6.99. The van der Waals surface area contributed by atoms with Crippen molar-refractivity contribution in [2.45, 2.75) is 19.8 Å². The number of hydrogen-bond donors (Lipinski definition) is 1. The zero-order valence-corrected chi connectivity index (χ0v) is 11.5. The van der Waals surface area contributed by atoms with E-state index in [1.54, 1.807) is 0 Å². The van der Waals surface area contributed by atoms with E-state index >= 15 is 0 Å². The van der Waals surface area contributed by atoms with Gasteiger partial charge in [0, 0.05) is 19.6 Å². The van der Waals surface area contributed by atoms with Crippen LogP contribution in [-0.2, 0) is 4.74 Å². The van der Waals surface area contributed by atoms with Gasteiger partial charge >= 0.3 is 5.69 Å². The van der Waals surface area contributed by atoms with Crippen molar-refractivity contribution in [2.75, 3.05) is 43.1 Å². The van der Waals surface area contributed by atoms with Crippen molar-refractivity contribution >= 4 is 17.3 Å². The van der Waals surface area contributed by atoms with Crippen LogP contribution in [0.4, 0.5) is 17.3 Å². The van der Waals surface area contributed by atoms with Crippen molar-refractivity contribution < 1.29 is 9.66 Å². The first-order valence-corrected chi connectivity index (χ1v) is 6.80. The van der Waals surface area contributed by atoms with Crippen LogP contribution in [0.1, 0.15) is 19.8 Å². The maximum atomic E-state index is 11.3. The predicted molar refractivity (Wildman–Crippen MR) is 75.1 cm³/mol. The molecule has 8 heteroatoms. The van der Waals surface area contributed by atoms with Gasteiger partial charge in [-0.05, 0) is 6.42 Å². The molecule has 0 saturated carbocycles. The number of nitrogens with one attached hydrogen (secondary N) is 1. The molecule has 0 bridgehead atoms. The number of anilines is 2. The van der Waals surface area contributed by atoms with E-state index in [2.05, 4.69) is 22.2 Å². The molecule has 0 aliphatic carbocycles. The molecular formula is C12H19N5O3. The highest BCUT2D eigenvalue weighted by Gasteiger charge is 2.27. The lowest BCUT2D eigenvalue weighted by Gasteiger charge is -2.27. The Hall–Kier alpha value is -1.96. The number of morpholine rings is 1. The van der Waals surface area contributed by atoms with E-state index < -0.39 is 4.92 Å². The van der Waals surface area contributed by atoms with Gasteiger partial charge in [0.25, 0.3) is 0 Å². The summed E-state index contributed by atoms with van der Waals surface area (Å²) in [5.41, 5.74) is -0.0505. The zero-order valence-electron chi connectivity index (χ0n) is 11.5. The van der Waals surface area contributed by atoms with E-state index in [4.69, 9.17) is 4.74 Å². The van der Waals surface area contributed by atoms with Crippen LogP contribution in [0.5, 0.6) is 0 Å². The quantitative estimate of drug-likeness (QED) is 0.479. The van der Waals surface area contributed by atoms with E-state index in [1.165, 1.54) is 6.33 Å². The molecule has 1 aliphatic heterocycles. The molecule has 20 heavy (non-hydrogen) atoms. The molecule has 8 nitrogen and oxygen atoms in total.